The number of rotatable bonds is 6. The molecular weight excluding hydrogens is 769 g/mol. The Labute approximate surface area is 362 Å². The third kappa shape index (κ3) is 5.48. The number of aromatic nitrogens is 6. The second kappa shape index (κ2) is 14.0. The van der Waals surface area contributed by atoms with Crippen LogP contribution in [-0.4, -0.2) is 28.7 Å². The maximum atomic E-state index is 5.16. The maximum absolute atomic E-state index is 5.16. The van der Waals surface area contributed by atoms with Gasteiger partial charge < -0.3 is 13.7 Å². The SMILES string of the molecule is c1ccc(-c2nc(-c3ccccc3)nc(-c3ccc4c5ccc6c(c7ccccc7n6-c6ccccc6)c5n(-c5ccc6c7ccccc7n(-c7ccccc7)c6c5)c4c3)n2)cc1. The monoisotopic (exact) mass is 804 g/mol. The van der Waals surface area contributed by atoms with Crippen molar-refractivity contribution >= 4 is 65.4 Å². The zero-order valence-electron chi connectivity index (χ0n) is 34.0. The van der Waals surface area contributed by atoms with E-state index in [1.807, 2.05) is 36.4 Å². The highest BCUT2D eigenvalue weighted by atomic mass is 15.0. The zero-order chi connectivity index (χ0) is 41.4. The molecule has 0 aliphatic heterocycles. The summed E-state index contributed by atoms with van der Waals surface area (Å²) in [7, 11) is 0. The van der Waals surface area contributed by atoms with Crippen LogP contribution < -0.4 is 0 Å². The van der Waals surface area contributed by atoms with Crippen molar-refractivity contribution in [3.63, 3.8) is 0 Å². The summed E-state index contributed by atoms with van der Waals surface area (Å²) in [4.78, 5) is 15.3. The van der Waals surface area contributed by atoms with E-state index in [-0.39, 0.29) is 0 Å². The van der Waals surface area contributed by atoms with Crippen LogP contribution in [0.2, 0.25) is 0 Å². The first-order chi connectivity index (χ1) is 31.3. The van der Waals surface area contributed by atoms with E-state index in [9.17, 15) is 0 Å². The van der Waals surface area contributed by atoms with Gasteiger partial charge in [-0.3, -0.25) is 0 Å². The van der Waals surface area contributed by atoms with Crippen LogP contribution in [0, 0.1) is 0 Å². The Morgan fingerprint density at radius 3 is 1.33 bits per heavy atom. The molecule has 294 valence electrons. The molecule has 0 spiro atoms. The van der Waals surface area contributed by atoms with E-state index in [4.69, 9.17) is 15.0 Å². The van der Waals surface area contributed by atoms with Crippen molar-refractivity contribution in [2.45, 2.75) is 0 Å². The Bertz CT molecular complexity index is 3830. The van der Waals surface area contributed by atoms with Gasteiger partial charge in [0.1, 0.15) is 0 Å². The number of hydrogen-bond acceptors (Lipinski definition) is 3. The highest BCUT2D eigenvalue weighted by Gasteiger charge is 2.23. The van der Waals surface area contributed by atoms with Gasteiger partial charge in [-0.25, -0.2) is 15.0 Å². The number of fused-ring (bicyclic) bond motifs is 10. The average Bonchev–Trinajstić information content (AvgIpc) is 4.00. The highest BCUT2D eigenvalue weighted by molar-refractivity contribution is 6.26. The molecule has 0 saturated carbocycles. The third-order valence-corrected chi connectivity index (χ3v) is 12.5. The molecule has 0 N–H and O–H groups in total. The summed E-state index contributed by atoms with van der Waals surface area (Å²) in [5, 5.41) is 7.15. The molecule has 4 heterocycles. The van der Waals surface area contributed by atoms with Crippen molar-refractivity contribution in [1.82, 2.24) is 28.7 Å². The molecule has 13 aromatic rings. The van der Waals surface area contributed by atoms with E-state index in [2.05, 4.69) is 196 Å². The fraction of sp³-hybridized carbons (Fsp3) is 0. The lowest BCUT2D eigenvalue weighted by Gasteiger charge is -2.13. The molecule has 63 heavy (non-hydrogen) atoms. The largest absolute Gasteiger partial charge is 0.309 e. The lowest BCUT2D eigenvalue weighted by atomic mass is 10.1. The fourth-order valence-electron chi connectivity index (χ4n) is 9.71. The Morgan fingerprint density at radius 2 is 0.698 bits per heavy atom. The van der Waals surface area contributed by atoms with Crippen LogP contribution in [0.25, 0.3) is 117 Å². The molecule has 9 aromatic carbocycles. The van der Waals surface area contributed by atoms with E-state index in [1.165, 1.54) is 32.4 Å². The average molecular weight is 805 g/mol. The van der Waals surface area contributed by atoms with Gasteiger partial charge in [0.25, 0.3) is 0 Å². The van der Waals surface area contributed by atoms with Crippen LogP contribution in [0.1, 0.15) is 0 Å². The number of hydrogen-bond donors (Lipinski definition) is 0. The van der Waals surface area contributed by atoms with Gasteiger partial charge in [-0.15, -0.1) is 0 Å². The molecular formula is C57H36N6. The predicted octanol–water partition coefficient (Wildman–Crippen LogP) is 14.2. The van der Waals surface area contributed by atoms with Gasteiger partial charge in [0.2, 0.25) is 0 Å². The van der Waals surface area contributed by atoms with E-state index in [0.29, 0.717) is 17.5 Å². The number of nitrogens with zero attached hydrogens (tertiary/aromatic N) is 6. The van der Waals surface area contributed by atoms with Crippen LogP contribution in [0.5, 0.6) is 0 Å². The number of benzene rings is 9. The minimum Gasteiger partial charge on any atom is -0.309 e. The molecule has 0 saturated heterocycles. The molecule has 0 amide bonds. The van der Waals surface area contributed by atoms with Gasteiger partial charge in [-0.2, -0.15) is 0 Å². The number of para-hydroxylation sites is 4. The van der Waals surface area contributed by atoms with Crippen LogP contribution in [-0.2, 0) is 0 Å². The minimum atomic E-state index is 0.617. The first-order valence-corrected chi connectivity index (χ1v) is 21.3. The Kier molecular flexibility index (Phi) is 7.80. The van der Waals surface area contributed by atoms with E-state index < -0.39 is 0 Å². The summed E-state index contributed by atoms with van der Waals surface area (Å²) in [6, 6.07) is 77.4. The van der Waals surface area contributed by atoms with Gasteiger partial charge in [-0.05, 0) is 60.7 Å². The molecule has 0 atom stereocenters. The molecule has 0 fully saturated rings. The molecule has 6 nitrogen and oxygen atoms in total. The second-order valence-electron chi connectivity index (χ2n) is 16.0. The van der Waals surface area contributed by atoms with Crippen molar-refractivity contribution in [2.75, 3.05) is 0 Å². The van der Waals surface area contributed by atoms with Crippen LogP contribution in [0.3, 0.4) is 0 Å². The minimum absolute atomic E-state index is 0.617. The summed E-state index contributed by atoms with van der Waals surface area (Å²) in [6.45, 7) is 0. The summed E-state index contributed by atoms with van der Waals surface area (Å²) in [5.41, 5.74) is 12.9. The van der Waals surface area contributed by atoms with Crippen LogP contribution in [0.15, 0.2) is 218 Å². The smallest absolute Gasteiger partial charge is 0.164 e. The summed E-state index contributed by atoms with van der Waals surface area (Å²) in [5.74, 6) is 1.89. The maximum Gasteiger partial charge on any atom is 0.164 e. The quantitative estimate of drug-likeness (QED) is 0.168. The molecule has 0 radical (unpaired) electrons. The molecule has 0 unspecified atom stereocenters. The van der Waals surface area contributed by atoms with E-state index >= 15 is 0 Å². The van der Waals surface area contributed by atoms with Gasteiger partial charge in [0.15, 0.2) is 17.5 Å². The second-order valence-corrected chi connectivity index (χ2v) is 16.0. The topological polar surface area (TPSA) is 53.5 Å². The Morgan fingerprint density at radius 1 is 0.254 bits per heavy atom. The summed E-state index contributed by atoms with van der Waals surface area (Å²) in [6.07, 6.45) is 0. The third-order valence-electron chi connectivity index (χ3n) is 12.5. The van der Waals surface area contributed by atoms with Crippen molar-refractivity contribution < 1.29 is 0 Å². The van der Waals surface area contributed by atoms with Gasteiger partial charge in [0, 0.05) is 66.1 Å². The highest BCUT2D eigenvalue weighted by Crippen LogP contribution is 2.44. The van der Waals surface area contributed by atoms with Gasteiger partial charge in [-0.1, -0.05) is 158 Å². The Balaban J connectivity index is 1.15. The zero-order valence-corrected chi connectivity index (χ0v) is 34.0. The molecule has 0 aliphatic rings. The first kappa shape index (κ1) is 35.2. The molecule has 0 aliphatic carbocycles. The Hall–Kier alpha value is -8.61. The van der Waals surface area contributed by atoms with Crippen molar-refractivity contribution in [3.05, 3.63) is 218 Å². The summed E-state index contributed by atoms with van der Waals surface area (Å²) >= 11 is 0. The van der Waals surface area contributed by atoms with Crippen LogP contribution in [0.4, 0.5) is 0 Å². The molecule has 0 bridgehead atoms. The van der Waals surface area contributed by atoms with Gasteiger partial charge in [0.05, 0.1) is 33.1 Å². The van der Waals surface area contributed by atoms with Crippen molar-refractivity contribution in [3.8, 4) is 51.2 Å². The van der Waals surface area contributed by atoms with Crippen molar-refractivity contribution in [2.24, 2.45) is 0 Å². The van der Waals surface area contributed by atoms with E-state index in [0.717, 1.165) is 66.7 Å². The predicted molar refractivity (Wildman–Crippen MR) is 259 cm³/mol. The standard InChI is InChI=1S/C57H36N6/c1-5-17-37(18-6-1)55-58-56(38-19-7-2-8-20-38)60-57(59-55)39-29-31-45-46-33-34-50-53(47-26-14-16-28-49(47)61(50)40-21-9-3-10-22-40)54(46)63(51(45)35-39)42-30-32-44-43-25-13-15-27-48(43)62(52(44)36-42)41-23-11-4-12-24-41/h1-36H. The molecule has 13 rings (SSSR count). The summed E-state index contributed by atoms with van der Waals surface area (Å²) < 4.78 is 7.27. The van der Waals surface area contributed by atoms with Crippen LogP contribution >= 0.6 is 0 Å². The fourth-order valence-corrected chi connectivity index (χ4v) is 9.71. The van der Waals surface area contributed by atoms with Gasteiger partial charge >= 0.3 is 0 Å². The van der Waals surface area contributed by atoms with E-state index in [1.54, 1.807) is 0 Å². The van der Waals surface area contributed by atoms with Crippen molar-refractivity contribution in [1.29, 1.82) is 0 Å². The molecule has 4 aromatic heterocycles. The lowest BCUT2D eigenvalue weighted by molar-refractivity contribution is 1.07. The molecule has 6 heteroatoms. The lowest BCUT2D eigenvalue weighted by Crippen LogP contribution is -2.00. The normalized spacial score (nSPS) is 11.8. The first-order valence-electron chi connectivity index (χ1n) is 21.3.